The third kappa shape index (κ3) is 3.24. The van der Waals surface area contributed by atoms with Crippen molar-refractivity contribution >= 4 is 22.7 Å². The zero-order valence-corrected chi connectivity index (χ0v) is 16.6. The molecule has 2 aliphatic rings. The normalized spacial score (nSPS) is 23.3. The zero-order valence-electron chi connectivity index (χ0n) is 15.8. The second-order valence-electron chi connectivity index (χ2n) is 7.28. The van der Waals surface area contributed by atoms with E-state index >= 15 is 0 Å². The van der Waals surface area contributed by atoms with E-state index in [9.17, 15) is 18.0 Å². The Morgan fingerprint density at radius 1 is 1.24 bits per heavy atom. The lowest BCUT2D eigenvalue weighted by molar-refractivity contribution is -0.134. The van der Waals surface area contributed by atoms with Crippen molar-refractivity contribution in [1.29, 1.82) is 0 Å². The standard InChI is InChI=1S/C21H20F3N3OS/c1-12(28)27-21(29-20(26-27)14-4-7-18(23)19(24)10-14)15(8-9-25)5-2-13-3-6-16(22)11-17(13)21/h3-4,6-7,10-11,15H,2,5,8-9,25H2,1H3/t15-,21-/m1/s1. The summed E-state index contributed by atoms with van der Waals surface area (Å²) in [5.74, 6) is -2.73. The molecule has 0 radical (unpaired) electrons. The minimum Gasteiger partial charge on any atom is -0.330 e. The molecular weight excluding hydrogens is 399 g/mol. The first-order valence-corrected chi connectivity index (χ1v) is 10.2. The van der Waals surface area contributed by atoms with Crippen molar-refractivity contribution in [3.05, 3.63) is 70.5 Å². The number of rotatable bonds is 3. The molecule has 2 aromatic rings. The van der Waals surface area contributed by atoms with Crippen molar-refractivity contribution in [2.45, 2.75) is 31.1 Å². The molecule has 0 bridgehead atoms. The van der Waals surface area contributed by atoms with Crippen molar-refractivity contribution in [1.82, 2.24) is 5.01 Å². The van der Waals surface area contributed by atoms with Gasteiger partial charge in [-0.15, -0.1) is 0 Å². The molecule has 152 valence electrons. The number of thioether (sulfide) groups is 1. The molecule has 1 aliphatic heterocycles. The number of nitrogens with zero attached hydrogens (tertiary/aromatic N) is 2. The molecule has 4 rings (SSSR count). The molecule has 2 aromatic carbocycles. The predicted molar refractivity (Wildman–Crippen MR) is 107 cm³/mol. The van der Waals surface area contributed by atoms with Gasteiger partial charge >= 0.3 is 0 Å². The molecule has 0 unspecified atom stereocenters. The average Bonchev–Trinajstić information content (AvgIpc) is 3.08. The van der Waals surface area contributed by atoms with Crippen molar-refractivity contribution in [3.8, 4) is 0 Å². The third-order valence-corrected chi connectivity index (χ3v) is 7.06. The van der Waals surface area contributed by atoms with Gasteiger partial charge in [0.25, 0.3) is 0 Å². The van der Waals surface area contributed by atoms with Crippen molar-refractivity contribution in [2.24, 2.45) is 16.8 Å². The smallest absolute Gasteiger partial charge is 0.241 e. The highest BCUT2D eigenvalue weighted by Gasteiger charge is 2.55. The number of amides is 1. The van der Waals surface area contributed by atoms with Crippen LogP contribution >= 0.6 is 11.8 Å². The number of hydrogen-bond acceptors (Lipinski definition) is 4. The Balaban J connectivity index is 1.89. The second-order valence-corrected chi connectivity index (χ2v) is 8.49. The summed E-state index contributed by atoms with van der Waals surface area (Å²) in [5.41, 5.74) is 7.84. The van der Waals surface area contributed by atoms with Gasteiger partial charge in [-0.2, -0.15) is 5.10 Å². The summed E-state index contributed by atoms with van der Waals surface area (Å²) in [6, 6.07) is 8.11. The minimum absolute atomic E-state index is 0.0674. The summed E-state index contributed by atoms with van der Waals surface area (Å²) in [7, 11) is 0. The molecule has 2 N–H and O–H groups in total. The van der Waals surface area contributed by atoms with Gasteiger partial charge in [0.2, 0.25) is 5.91 Å². The maximum Gasteiger partial charge on any atom is 0.241 e. The van der Waals surface area contributed by atoms with Crippen LogP contribution in [0.4, 0.5) is 13.2 Å². The molecule has 4 nitrogen and oxygen atoms in total. The van der Waals surface area contributed by atoms with E-state index in [-0.39, 0.29) is 11.8 Å². The number of nitrogens with two attached hydrogens (primary N) is 1. The van der Waals surface area contributed by atoms with Crippen molar-refractivity contribution in [3.63, 3.8) is 0 Å². The molecule has 8 heteroatoms. The van der Waals surface area contributed by atoms with Gasteiger partial charge in [-0.3, -0.25) is 4.79 Å². The monoisotopic (exact) mass is 419 g/mol. The van der Waals surface area contributed by atoms with E-state index in [0.29, 0.717) is 29.1 Å². The fraction of sp³-hybridized carbons (Fsp3) is 0.333. The second kappa shape index (κ2) is 7.50. The van der Waals surface area contributed by atoms with E-state index < -0.39 is 22.3 Å². The molecular formula is C21H20F3N3OS. The van der Waals surface area contributed by atoms with Gasteiger partial charge in [-0.1, -0.05) is 17.8 Å². The van der Waals surface area contributed by atoms with Crippen LogP contribution < -0.4 is 5.73 Å². The Bertz CT molecular complexity index is 1010. The molecule has 29 heavy (non-hydrogen) atoms. The lowest BCUT2D eigenvalue weighted by Crippen LogP contribution is -2.49. The molecule has 1 spiro atoms. The van der Waals surface area contributed by atoms with Crippen LogP contribution in [0.5, 0.6) is 0 Å². The van der Waals surface area contributed by atoms with Gasteiger partial charge in [-0.25, -0.2) is 18.2 Å². The van der Waals surface area contributed by atoms with Gasteiger partial charge in [0.05, 0.1) is 0 Å². The Hall–Kier alpha value is -2.32. The first-order chi connectivity index (χ1) is 13.9. The van der Waals surface area contributed by atoms with Gasteiger partial charge < -0.3 is 5.73 Å². The van der Waals surface area contributed by atoms with E-state index in [0.717, 1.165) is 30.5 Å². The van der Waals surface area contributed by atoms with Crippen LogP contribution in [0.1, 0.15) is 36.5 Å². The molecule has 1 aliphatic carbocycles. The van der Waals surface area contributed by atoms with Crippen LogP contribution in [-0.2, 0) is 16.1 Å². The fourth-order valence-electron chi connectivity index (χ4n) is 4.24. The quantitative estimate of drug-likeness (QED) is 0.814. The molecule has 1 heterocycles. The summed E-state index contributed by atoms with van der Waals surface area (Å²) in [5, 5.41) is 6.23. The highest BCUT2D eigenvalue weighted by atomic mass is 32.2. The highest BCUT2D eigenvalue weighted by molar-refractivity contribution is 8.15. The Morgan fingerprint density at radius 2 is 2.03 bits per heavy atom. The largest absolute Gasteiger partial charge is 0.330 e. The Kier molecular flexibility index (Phi) is 5.16. The molecule has 0 fully saturated rings. The number of benzene rings is 2. The summed E-state index contributed by atoms with van der Waals surface area (Å²) in [4.78, 5) is 11.6. The van der Waals surface area contributed by atoms with E-state index in [1.807, 2.05) is 0 Å². The van der Waals surface area contributed by atoms with Crippen LogP contribution in [0.15, 0.2) is 41.5 Å². The number of carbonyl (C=O) groups excluding carboxylic acids is 1. The van der Waals surface area contributed by atoms with Gasteiger partial charge in [0.1, 0.15) is 15.7 Å². The average molecular weight is 419 g/mol. The van der Waals surface area contributed by atoms with Gasteiger partial charge in [-0.05, 0) is 73.2 Å². The Morgan fingerprint density at radius 3 is 2.72 bits per heavy atom. The van der Waals surface area contributed by atoms with Crippen LogP contribution in [-0.4, -0.2) is 22.5 Å². The minimum atomic E-state index is -0.991. The summed E-state index contributed by atoms with van der Waals surface area (Å²) in [6.45, 7) is 1.80. The first-order valence-electron chi connectivity index (χ1n) is 9.39. The van der Waals surface area contributed by atoms with E-state index in [4.69, 9.17) is 5.73 Å². The first kappa shape index (κ1) is 20.0. The lowest BCUT2D eigenvalue weighted by atomic mass is 9.77. The summed E-state index contributed by atoms with van der Waals surface area (Å²) < 4.78 is 41.4. The summed E-state index contributed by atoms with van der Waals surface area (Å²) in [6.07, 6.45) is 2.12. The van der Waals surface area contributed by atoms with E-state index in [1.165, 1.54) is 41.9 Å². The van der Waals surface area contributed by atoms with Crippen molar-refractivity contribution < 1.29 is 18.0 Å². The summed E-state index contributed by atoms with van der Waals surface area (Å²) >= 11 is 1.28. The molecule has 0 aromatic heterocycles. The fourth-order valence-corrected chi connectivity index (χ4v) is 5.86. The van der Waals surface area contributed by atoms with E-state index in [2.05, 4.69) is 5.10 Å². The molecule has 0 saturated carbocycles. The van der Waals surface area contributed by atoms with Crippen LogP contribution in [0.25, 0.3) is 0 Å². The number of fused-ring (bicyclic) bond motifs is 2. The van der Waals surface area contributed by atoms with Gasteiger partial charge in [0, 0.05) is 12.5 Å². The zero-order chi connectivity index (χ0) is 20.8. The number of carbonyl (C=O) groups is 1. The molecule has 1 amide bonds. The van der Waals surface area contributed by atoms with Crippen LogP contribution in [0, 0.1) is 23.4 Å². The highest BCUT2D eigenvalue weighted by Crippen LogP contribution is 2.57. The number of halogens is 3. The topological polar surface area (TPSA) is 58.7 Å². The number of hydrazone groups is 1. The maximum absolute atomic E-state index is 14.2. The lowest BCUT2D eigenvalue weighted by Gasteiger charge is -2.45. The molecule has 2 atom stereocenters. The number of aryl methyl sites for hydroxylation is 1. The predicted octanol–water partition coefficient (Wildman–Crippen LogP) is 4.13. The van der Waals surface area contributed by atoms with Gasteiger partial charge in [0.15, 0.2) is 11.6 Å². The van der Waals surface area contributed by atoms with Crippen LogP contribution in [0.3, 0.4) is 0 Å². The van der Waals surface area contributed by atoms with E-state index in [1.54, 1.807) is 6.07 Å². The maximum atomic E-state index is 14.2. The van der Waals surface area contributed by atoms with Crippen LogP contribution in [0.2, 0.25) is 0 Å². The number of hydrogen-bond donors (Lipinski definition) is 1. The Labute approximate surface area is 171 Å². The molecule has 0 saturated heterocycles. The van der Waals surface area contributed by atoms with Crippen molar-refractivity contribution in [2.75, 3.05) is 6.54 Å². The third-order valence-electron chi connectivity index (χ3n) is 5.51. The SMILES string of the molecule is CC(=O)N1N=C(c2ccc(F)c(F)c2)S[C@]12c1cc(F)ccc1CC[C@@H]2CCN.